The normalized spacial score (nSPS) is 10.7. The van der Waals surface area contributed by atoms with Gasteiger partial charge < -0.3 is 9.73 Å². The Hall–Kier alpha value is -2.11. The quantitative estimate of drug-likeness (QED) is 0.683. The molecule has 0 spiro atoms. The molecule has 4 nitrogen and oxygen atoms in total. The summed E-state index contributed by atoms with van der Waals surface area (Å²) in [7, 11) is 0. The first-order valence-electron chi connectivity index (χ1n) is 6.75. The van der Waals surface area contributed by atoms with Crippen LogP contribution in [0.2, 0.25) is 5.02 Å². The summed E-state index contributed by atoms with van der Waals surface area (Å²) in [5, 5.41) is 3.49. The van der Waals surface area contributed by atoms with Gasteiger partial charge in [-0.2, -0.15) is 0 Å². The minimum atomic E-state index is -0.485. The molecule has 116 valence electrons. The van der Waals surface area contributed by atoms with Crippen LogP contribution in [0.3, 0.4) is 0 Å². The van der Waals surface area contributed by atoms with Gasteiger partial charge in [-0.15, -0.1) is 0 Å². The molecule has 3 aromatic rings. The number of hydrogen-bond donors (Lipinski definition) is 1. The summed E-state index contributed by atoms with van der Waals surface area (Å²) in [6.45, 7) is 1.92. The number of amides is 1. The number of carbonyl (C=O) groups is 1. The molecule has 1 amide bonds. The van der Waals surface area contributed by atoms with Crippen LogP contribution in [0, 0.1) is 6.92 Å². The van der Waals surface area contributed by atoms with Crippen molar-refractivity contribution in [1.82, 2.24) is 0 Å². The van der Waals surface area contributed by atoms with Gasteiger partial charge in [-0.25, -0.2) is 0 Å². The predicted molar refractivity (Wildman–Crippen MR) is 94.3 cm³/mol. The van der Waals surface area contributed by atoms with Crippen LogP contribution >= 0.6 is 27.5 Å². The van der Waals surface area contributed by atoms with Crippen molar-refractivity contribution in [2.45, 2.75) is 6.92 Å². The van der Waals surface area contributed by atoms with Crippen molar-refractivity contribution >= 4 is 50.1 Å². The Morgan fingerprint density at radius 1 is 1.17 bits per heavy atom. The molecule has 0 aliphatic rings. The molecule has 0 bridgehead atoms. The van der Waals surface area contributed by atoms with Crippen LogP contribution in [0.15, 0.2) is 56.1 Å². The number of halogens is 2. The lowest BCUT2D eigenvalue weighted by molar-refractivity contribution is 0.0997. The number of fused-ring (bicyclic) bond motifs is 1. The Bertz CT molecular complexity index is 981. The van der Waals surface area contributed by atoms with Crippen LogP contribution in [0.1, 0.15) is 16.1 Å². The van der Waals surface area contributed by atoms with Gasteiger partial charge in [0.25, 0.3) is 5.91 Å². The molecule has 3 rings (SSSR count). The number of nitrogens with one attached hydrogen (secondary N) is 1. The van der Waals surface area contributed by atoms with E-state index in [4.69, 9.17) is 16.0 Å². The van der Waals surface area contributed by atoms with Gasteiger partial charge in [-0.3, -0.25) is 9.59 Å². The molecule has 0 aliphatic heterocycles. The highest BCUT2D eigenvalue weighted by Crippen LogP contribution is 2.21. The van der Waals surface area contributed by atoms with Crippen LogP contribution in [-0.2, 0) is 0 Å². The summed E-state index contributed by atoms with van der Waals surface area (Å²) >= 11 is 9.26. The van der Waals surface area contributed by atoms with Gasteiger partial charge in [0, 0.05) is 21.2 Å². The zero-order valence-electron chi connectivity index (χ0n) is 12.0. The van der Waals surface area contributed by atoms with Crippen molar-refractivity contribution in [3.63, 3.8) is 0 Å². The summed E-state index contributed by atoms with van der Waals surface area (Å²) in [5.41, 5.74) is 1.61. The summed E-state index contributed by atoms with van der Waals surface area (Å²) < 4.78 is 6.45. The molecule has 1 N–H and O–H groups in total. The SMILES string of the molecule is Cc1cc(NC(=O)c2cc(=O)c3cc(Cl)ccc3o2)ccc1Br. The van der Waals surface area contributed by atoms with Crippen molar-refractivity contribution in [2.24, 2.45) is 0 Å². The van der Waals surface area contributed by atoms with E-state index in [0.29, 0.717) is 21.7 Å². The van der Waals surface area contributed by atoms with Crippen LogP contribution in [0.4, 0.5) is 5.69 Å². The predicted octanol–water partition coefficient (Wildman–Crippen LogP) is 4.77. The van der Waals surface area contributed by atoms with E-state index in [9.17, 15) is 9.59 Å². The third kappa shape index (κ3) is 3.30. The Morgan fingerprint density at radius 3 is 2.70 bits per heavy atom. The highest BCUT2D eigenvalue weighted by Gasteiger charge is 2.13. The van der Waals surface area contributed by atoms with Crippen molar-refractivity contribution in [3.05, 3.63) is 73.5 Å². The molecule has 0 saturated heterocycles. The molecule has 1 aromatic heterocycles. The number of carbonyl (C=O) groups excluding carboxylic acids is 1. The molecule has 0 fully saturated rings. The third-order valence-corrected chi connectivity index (χ3v) is 4.45. The molecular weight excluding hydrogens is 382 g/mol. The molecule has 0 aliphatic carbocycles. The maximum Gasteiger partial charge on any atom is 0.291 e. The second kappa shape index (κ2) is 6.18. The van der Waals surface area contributed by atoms with Crippen LogP contribution in [0.5, 0.6) is 0 Å². The zero-order valence-corrected chi connectivity index (χ0v) is 14.4. The lowest BCUT2D eigenvalue weighted by Crippen LogP contribution is -2.15. The fourth-order valence-corrected chi connectivity index (χ4v) is 2.57. The molecule has 0 atom stereocenters. The van der Waals surface area contributed by atoms with Crippen LogP contribution in [0.25, 0.3) is 11.0 Å². The minimum Gasteiger partial charge on any atom is -0.451 e. The maximum absolute atomic E-state index is 12.3. The van der Waals surface area contributed by atoms with E-state index >= 15 is 0 Å². The zero-order chi connectivity index (χ0) is 16.6. The Balaban J connectivity index is 1.96. The van der Waals surface area contributed by atoms with Gasteiger partial charge in [0.2, 0.25) is 0 Å². The highest BCUT2D eigenvalue weighted by molar-refractivity contribution is 9.10. The summed E-state index contributed by atoms with van der Waals surface area (Å²) in [4.78, 5) is 24.4. The van der Waals surface area contributed by atoms with E-state index in [1.165, 1.54) is 12.1 Å². The topological polar surface area (TPSA) is 59.3 Å². The molecule has 6 heteroatoms. The third-order valence-electron chi connectivity index (χ3n) is 3.33. The van der Waals surface area contributed by atoms with Crippen molar-refractivity contribution in [3.8, 4) is 0 Å². The molecule has 23 heavy (non-hydrogen) atoms. The smallest absolute Gasteiger partial charge is 0.291 e. The number of benzene rings is 2. The number of anilines is 1. The van der Waals surface area contributed by atoms with E-state index in [0.717, 1.165) is 10.0 Å². The molecule has 0 saturated carbocycles. The van der Waals surface area contributed by atoms with Gasteiger partial charge in [0.1, 0.15) is 5.58 Å². The average molecular weight is 393 g/mol. The first-order valence-corrected chi connectivity index (χ1v) is 7.92. The molecule has 2 aromatic carbocycles. The Kier molecular flexibility index (Phi) is 4.24. The fraction of sp³-hybridized carbons (Fsp3) is 0.0588. The van der Waals surface area contributed by atoms with Gasteiger partial charge in [-0.1, -0.05) is 27.5 Å². The Morgan fingerprint density at radius 2 is 1.96 bits per heavy atom. The summed E-state index contributed by atoms with van der Waals surface area (Å²) in [6, 6.07) is 11.3. The minimum absolute atomic E-state index is 0.0506. The molecule has 0 radical (unpaired) electrons. The highest BCUT2D eigenvalue weighted by atomic mass is 79.9. The van der Waals surface area contributed by atoms with Gasteiger partial charge in [0.15, 0.2) is 11.2 Å². The molecule has 0 unspecified atom stereocenters. The number of hydrogen-bond acceptors (Lipinski definition) is 3. The molecule has 1 heterocycles. The average Bonchev–Trinajstić information content (AvgIpc) is 2.51. The largest absolute Gasteiger partial charge is 0.451 e. The van der Waals surface area contributed by atoms with Crippen molar-refractivity contribution < 1.29 is 9.21 Å². The second-order valence-electron chi connectivity index (χ2n) is 5.03. The van der Waals surface area contributed by atoms with E-state index in [2.05, 4.69) is 21.2 Å². The van der Waals surface area contributed by atoms with Gasteiger partial charge >= 0.3 is 0 Å². The summed E-state index contributed by atoms with van der Waals surface area (Å²) in [5.74, 6) is -0.536. The van der Waals surface area contributed by atoms with Crippen LogP contribution in [-0.4, -0.2) is 5.91 Å². The lowest BCUT2D eigenvalue weighted by atomic mass is 10.2. The van der Waals surface area contributed by atoms with Crippen molar-refractivity contribution in [1.29, 1.82) is 0 Å². The first-order chi connectivity index (χ1) is 10.9. The number of aryl methyl sites for hydroxylation is 1. The standard InChI is InChI=1S/C17H11BrClNO3/c1-9-6-11(3-4-13(9)18)20-17(22)16-8-14(21)12-7-10(19)2-5-15(12)23-16/h2-8H,1H3,(H,20,22). The Labute approximate surface area is 145 Å². The van der Waals surface area contributed by atoms with Crippen molar-refractivity contribution in [2.75, 3.05) is 5.32 Å². The fourth-order valence-electron chi connectivity index (χ4n) is 2.16. The lowest BCUT2D eigenvalue weighted by Gasteiger charge is -2.07. The van der Waals surface area contributed by atoms with E-state index in [1.54, 1.807) is 18.2 Å². The maximum atomic E-state index is 12.3. The summed E-state index contributed by atoms with van der Waals surface area (Å²) in [6.07, 6.45) is 0. The second-order valence-corrected chi connectivity index (χ2v) is 6.32. The van der Waals surface area contributed by atoms with Gasteiger partial charge in [0.05, 0.1) is 5.39 Å². The van der Waals surface area contributed by atoms with E-state index in [1.807, 2.05) is 19.1 Å². The molecular formula is C17H11BrClNO3. The van der Waals surface area contributed by atoms with E-state index in [-0.39, 0.29) is 11.2 Å². The van der Waals surface area contributed by atoms with E-state index < -0.39 is 5.91 Å². The monoisotopic (exact) mass is 391 g/mol. The van der Waals surface area contributed by atoms with Gasteiger partial charge in [-0.05, 0) is 48.9 Å². The van der Waals surface area contributed by atoms with Crippen LogP contribution < -0.4 is 10.7 Å². The number of rotatable bonds is 2. The first kappa shape index (κ1) is 15.8.